The number of hydrogen-bond donors (Lipinski definition) is 1. The van der Waals surface area contributed by atoms with Crippen molar-refractivity contribution in [2.75, 3.05) is 12.4 Å². The topological polar surface area (TPSA) is 94.8 Å². The summed E-state index contributed by atoms with van der Waals surface area (Å²) >= 11 is 12.2. The molecule has 1 aromatic heterocycles. The average Bonchev–Trinajstić information content (AvgIpc) is 3.38. The van der Waals surface area contributed by atoms with Crippen molar-refractivity contribution in [3.63, 3.8) is 0 Å². The van der Waals surface area contributed by atoms with E-state index in [0.29, 0.717) is 21.6 Å². The molecule has 0 saturated heterocycles. The highest BCUT2D eigenvalue weighted by Crippen LogP contribution is 2.33. The summed E-state index contributed by atoms with van der Waals surface area (Å²) in [7, 11) is -2.49. The minimum atomic E-state index is -3.89. The largest absolute Gasteiger partial charge is 0.497 e. The normalized spacial score (nSPS) is 11.5. The van der Waals surface area contributed by atoms with Gasteiger partial charge in [-0.25, -0.2) is 8.42 Å². The summed E-state index contributed by atoms with van der Waals surface area (Å²) in [5.41, 5.74) is 2.09. The number of furan rings is 1. The summed E-state index contributed by atoms with van der Waals surface area (Å²) in [5.74, 6) is 1.07. The third-order valence-electron chi connectivity index (χ3n) is 5.98. The molecule has 7 nitrogen and oxygen atoms in total. The van der Waals surface area contributed by atoms with Crippen LogP contribution in [-0.4, -0.2) is 21.4 Å². The van der Waals surface area contributed by atoms with E-state index in [2.05, 4.69) is 5.32 Å². The Kier molecular flexibility index (Phi) is 8.59. The first kappa shape index (κ1) is 28.5. The Morgan fingerprint density at radius 2 is 1.69 bits per heavy atom. The van der Waals surface area contributed by atoms with Gasteiger partial charge in [0.15, 0.2) is 5.76 Å². The molecule has 0 radical (unpaired) electrons. The Balaban J connectivity index is 1.51. The monoisotopic (exact) mass is 587 g/mol. The maximum Gasteiger partial charge on any atom is 0.291 e. The third kappa shape index (κ3) is 6.58. The van der Waals surface area contributed by atoms with Crippen LogP contribution < -0.4 is 14.8 Å². The van der Waals surface area contributed by atoms with Crippen LogP contribution in [-0.2, 0) is 16.4 Å². The number of methoxy groups -OCH3 is 1. The van der Waals surface area contributed by atoms with E-state index in [0.717, 1.165) is 11.1 Å². The number of aryl methyl sites for hydroxylation is 1. The zero-order chi connectivity index (χ0) is 28.3. The molecule has 1 amide bonds. The molecule has 1 heterocycles. The van der Waals surface area contributed by atoms with E-state index in [-0.39, 0.29) is 39.5 Å². The zero-order valence-corrected chi connectivity index (χ0v) is 24.1. The van der Waals surface area contributed by atoms with Crippen LogP contribution >= 0.6 is 23.2 Å². The first-order valence-corrected chi connectivity index (χ1v) is 14.2. The van der Waals surface area contributed by atoms with E-state index in [4.69, 9.17) is 37.1 Å². The SMILES string of the molecule is COc1cc(NC(=O)c2ccc(COc3cc(C)c(Cl)cc3C(C)C)o2)cc(S(=O)(=O)c2ccc(Cl)cc2)c1. The molecule has 0 aliphatic heterocycles. The number of hydrogen-bond acceptors (Lipinski definition) is 6. The first-order valence-electron chi connectivity index (χ1n) is 12.0. The van der Waals surface area contributed by atoms with Gasteiger partial charge in [-0.15, -0.1) is 0 Å². The number of sulfone groups is 1. The molecule has 0 spiro atoms. The molecular weight excluding hydrogens is 561 g/mol. The molecule has 0 aliphatic carbocycles. The van der Waals surface area contributed by atoms with Crippen LogP contribution in [0, 0.1) is 6.92 Å². The molecular formula is C29H27Cl2NO6S. The van der Waals surface area contributed by atoms with Crippen molar-refractivity contribution in [2.45, 2.75) is 43.1 Å². The van der Waals surface area contributed by atoms with Crippen molar-refractivity contribution < 1.29 is 27.1 Å². The van der Waals surface area contributed by atoms with Gasteiger partial charge in [-0.3, -0.25) is 4.79 Å². The molecule has 39 heavy (non-hydrogen) atoms. The van der Waals surface area contributed by atoms with Crippen LogP contribution in [0.25, 0.3) is 0 Å². The van der Waals surface area contributed by atoms with E-state index in [9.17, 15) is 13.2 Å². The molecule has 3 aromatic carbocycles. The molecule has 1 N–H and O–H groups in total. The number of rotatable bonds is 9. The van der Waals surface area contributed by atoms with E-state index in [1.807, 2.05) is 32.9 Å². The van der Waals surface area contributed by atoms with Gasteiger partial charge in [0.05, 0.1) is 16.9 Å². The van der Waals surface area contributed by atoms with Gasteiger partial charge in [0.1, 0.15) is 23.9 Å². The fourth-order valence-electron chi connectivity index (χ4n) is 3.83. The zero-order valence-electron chi connectivity index (χ0n) is 21.7. The van der Waals surface area contributed by atoms with Crippen molar-refractivity contribution in [3.05, 3.63) is 99.4 Å². The second-order valence-electron chi connectivity index (χ2n) is 9.16. The van der Waals surface area contributed by atoms with Crippen molar-refractivity contribution >= 4 is 44.6 Å². The fraction of sp³-hybridized carbons (Fsp3) is 0.207. The number of amides is 1. The Labute approximate surface area is 237 Å². The fourth-order valence-corrected chi connectivity index (χ4v) is 5.45. The van der Waals surface area contributed by atoms with Crippen LogP contribution in [0.2, 0.25) is 10.0 Å². The smallest absolute Gasteiger partial charge is 0.291 e. The van der Waals surface area contributed by atoms with Gasteiger partial charge in [0.2, 0.25) is 9.84 Å². The molecule has 10 heteroatoms. The number of benzene rings is 3. The molecule has 0 saturated carbocycles. The molecule has 204 valence electrons. The van der Waals surface area contributed by atoms with Crippen molar-refractivity contribution in [1.82, 2.24) is 0 Å². The predicted molar refractivity (Wildman–Crippen MR) is 151 cm³/mol. The summed E-state index contributed by atoms with van der Waals surface area (Å²) in [6, 6.07) is 17.0. The molecule has 0 unspecified atom stereocenters. The van der Waals surface area contributed by atoms with E-state index in [1.165, 1.54) is 55.6 Å². The molecule has 4 aromatic rings. The molecule has 0 aliphatic rings. The number of nitrogens with one attached hydrogen (secondary N) is 1. The lowest BCUT2D eigenvalue weighted by Gasteiger charge is -2.15. The number of halogens is 2. The maximum absolute atomic E-state index is 13.2. The van der Waals surface area contributed by atoms with Gasteiger partial charge >= 0.3 is 0 Å². The third-order valence-corrected chi connectivity index (χ3v) is 8.38. The van der Waals surface area contributed by atoms with Gasteiger partial charge in [-0.05, 0) is 84.6 Å². The van der Waals surface area contributed by atoms with Crippen LogP contribution in [0.5, 0.6) is 11.5 Å². The van der Waals surface area contributed by atoms with Gasteiger partial charge in [-0.2, -0.15) is 0 Å². The van der Waals surface area contributed by atoms with Gasteiger partial charge < -0.3 is 19.2 Å². The number of anilines is 1. The molecule has 0 bridgehead atoms. The highest BCUT2D eigenvalue weighted by Gasteiger charge is 2.21. The van der Waals surface area contributed by atoms with Gasteiger partial charge in [0, 0.05) is 21.8 Å². The number of carbonyl (C=O) groups is 1. The summed E-state index contributed by atoms with van der Waals surface area (Å²) in [4.78, 5) is 12.9. The standard InChI is InChI=1S/C29H27Cl2NO6S/c1-17(2)25-15-26(31)18(3)11-28(25)37-16-21-7-10-27(38-21)29(33)32-20-12-22(36-4)14-24(13-20)39(34,35)23-8-5-19(30)6-9-23/h5-15,17H,16H2,1-4H3,(H,32,33). The molecule has 0 atom stereocenters. The van der Waals surface area contributed by atoms with Crippen molar-refractivity contribution in [2.24, 2.45) is 0 Å². The van der Waals surface area contributed by atoms with Crippen LogP contribution in [0.3, 0.4) is 0 Å². The minimum Gasteiger partial charge on any atom is -0.497 e. The summed E-state index contributed by atoms with van der Waals surface area (Å²) < 4.78 is 43.3. The minimum absolute atomic E-state index is 0.0369. The number of ether oxygens (including phenoxy) is 2. The van der Waals surface area contributed by atoms with E-state index < -0.39 is 15.7 Å². The maximum atomic E-state index is 13.2. The van der Waals surface area contributed by atoms with Crippen LogP contribution in [0.4, 0.5) is 5.69 Å². The Hall–Kier alpha value is -3.46. The second-order valence-corrected chi connectivity index (χ2v) is 12.0. The average molecular weight is 589 g/mol. The molecule has 0 fully saturated rings. The highest BCUT2D eigenvalue weighted by atomic mass is 35.5. The lowest BCUT2D eigenvalue weighted by Crippen LogP contribution is -2.12. The van der Waals surface area contributed by atoms with Gasteiger partial charge in [0.25, 0.3) is 5.91 Å². The van der Waals surface area contributed by atoms with Crippen LogP contribution in [0.1, 0.15) is 47.2 Å². The van der Waals surface area contributed by atoms with Crippen LogP contribution in [0.15, 0.2) is 80.9 Å². The second kappa shape index (κ2) is 11.7. The van der Waals surface area contributed by atoms with Gasteiger partial charge in [-0.1, -0.05) is 37.0 Å². The van der Waals surface area contributed by atoms with E-state index >= 15 is 0 Å². The molecule has 4 rings (SSSR count). The summed E-state index contributed by atoms with van der Waals surface area (Å²) in [5, 5.41) is 3.76. The highest BCUT2D eigenvalue weighted by molar-refractivity contribution is 7.91. The predicted octanol–water partition coefficient (Wildman–Crippen LogP) is 7.69. The first-order chi connectivity index (χ1) is 18.5. The lowest BCUT2D eigenvalue weighted by atomic mass is 10.0. The Morgan fingerprint density at radius 1 is 0.974 bits per heavy atom. The van der Waals surface area contributed by atoms with Crippen molar-refractivity contribution in [3.8, 4) is 11.5 Å². The quantitative estimate of drug-likeness (QED) is 0.215. The summed E-state index contributed by atoms with van der Waals surface area (Å²) in [6.45, 7) is 6.11. The Morgan fingerprint density at radius 3 is 2.36 bits per heavy atom. The number of carbonyl (C=O) groups excluding carboxylic acids is 1. The van der Waals surface area contributed by atoms with E-state index in [1.54, 1.807) is 6.07 Å². The van der Waals surface area contributed by atoms with Crippen molar-refractivity contribution in [1.29, 1.82) is 0 Å². The Bertz CT molecular complexity index is 1610. The lowest BCUT2D eigenvalue weighted by molar-refractivity contribution is 0.0992. The summed E-state index contributed by atoms with van der Waals surface area (Å²) in [6.07, 6.45) is 0.